The molecule has 3 heterocycles. The Hall–Kier alpha value is -1.91. The number of likely N-dealkylation sites (tertiary alicyclic amines) is 1. The highest BCUT2D eigenvalue weighted by atomic mass is 16.2. The van der Waals surface area contributed by atoms with Crippen LogP contribution in [0.4, 0.5) is 0 Å². The SMILES string of the molecule is Cc1cc(C)n2ncc(C(=O)N3CCCC34CCCCC4)c2n1. The van der Waals surface area contributed by atoms with E-state index in [0.717, 1.165) is 43.6 Å². The van der Waals surface area contributed by atoms with Gasteiger partial charge >= 0.3 is 0 Å². The van der Waals surface area contributed by atoms with Crippen molar-refractivity contribution in [3.05, 3.63) is 29.2 Å². The summed E-state index contributed by atoms with van der Waals surface area (Å²) in [5.74, 6) is 0.122. The van der Waals surface area contributed by atoms with Gasteiger partial charge in [0.05, 0.1) is 6.20 Å². The van der Waals surface area contributed by atoms with Crippen molar-refractivity contribution in [1.29, 1.82) is 0 Å². The summed E-state index contributed by atoms with van der Waals surface area (Å²) in [6, 6.07) is 1.99. The molecule has 0 atom stereocenters. The van der Waals surface area contributed by atoms with Gasteiger partial charge in [0.15, 0.2) is 5.65 Å². The second-order valence-electron chi connectivity index (χ2n) is 7.18. The van der Waals surface area contributed by atoms with Gasteiger partial charge in [-0.25, -0.2) is 9.50 Å². The van der Waals surface area contributed by atoms with Gasteiger partial charge in [0, 0.05) is 23.5 Å². The van der Waals surface area contributed by atoms with Crippen molar-refractivity contribution in [2.75, 3.05) is 6.54 Å². The number of rotatable bonds is 1. The molecule has 1 amide bonds. The molecule has 122 valence electrons. The van der Waals surface area contributed by atoms with Gasteiger partial charge in [0.2, 0.25) is 0 Å². The van der Waals surface area contributed by atoms with Crippen LogP contribution in [-0.4, -0.2) is 37.5 Å². The first-order valence-electron chi connectivity index (χ1n) is 8.75. The zero-order valence-electron chi connectivity index (χ0n) is 14.0. The zero-order chi connectivity index (χ0) is 16.0. The molecule has 1 spiro atoms. The molecule has 0 bridgehead atoms. The number of hydrogen-bond acceptors (Lipinski definition) is 3. The fourth-order valence-electron chi connectivity index (χ4n) is 4.55. The van der Waals surface area contributed by atoms with E-state index in [1.165, 1.54) is 19.3 Å². The van der Waals surface area contributed by atoms with Crippen molar-refractivity contribution < 1.29 is 4.79 Å². The molecule has 0 aromatic carbocycles. The molecular weight excluding hydrogens is 288 g/mol. The third-order valence-electron chi connectivity index (χ3n) is 5.63. The minimum absolute atomic E-state index is 0.0997. The molecule has 4 rings (SSSR count). The predicted molar refractivity (Wildman–Crippen MR) is 88.5 cm³/mol. The Kier molecular flexibility index (Phi) is 3.39. The maximum atomic E-state index is 13.3. The summed E-state index contributed by atoms with van der Waals surface area (Å²) >= 11 is 0. The lowest BCUT2D eigenvalue weighted by Gasteiger charge is -2.41. The van der Waals surface area contributed by atoms with E-state index in [4.69, 9.17) is 0 Å². The van der Waals surface area contributed by atoms with Crippen LogP contribution < -0.4 is 0 Å². The number of carbonyl (C=O) groups is 1. The number of carbonyl (C=O) groups excluding carboxylic acids is 1. The Labute approximate surface area is 136 Å². The highest BCUT2D eigenvalue weighted by Crippen LogP contribution is 2.42. The van der Waals surface area contributed by atoms with E-state index in [1.807, 2.05) is 19.9 Å². The molecule has 5 heteroatoms. The topological polar surface area (TPSA) is 50.5 Å². The normalized spacial score (nSPS) is 20.5. The molecule has 2 aromatic rings. The van der Waals surface area contributed by atoms with Gasteiger partial charge in [0.1, 0.15) is 5.56 Å². The number of aromatic nitrogens is 3. The molecule has 1 aliphatic carbocycles. The second kappa shape index (κ2) is 5.32. The average Bonchev–Trinajstić information content (AvgIpc) is 3.12. The van der Waals surface area contributed by atoms with Gasteiger partial charge in [0.25, 0.3) is 5.91 Å². The van der Waals surface area contributed by atoms with E-state index >= 15 is 0 Å². The number of hydrogen-bond donors (Lipinski definition) is 0. The first-order valence-corrected chi connectivity index (χ1v) is 8.75. The van der Waals surface area contributed by atoms with Crippen LogP contribution in [0.5, 0.6) is 0 Å². The van der Waals surface area contributed by atoms with E-state index in [2.05, 4.69) is 15.0 Å². The standard InChI is InChI=1S/C18H24N4O/c1-13-11-14(2)22-16(20-13)15(12-19-22)17(23)21-10-6-9-18(21)7-4-3-5-8-18/h11-12H,3-10H2,1-2H3. The van der Waals surface area contributed by atoms with Crippen LogP contribution in [0, 0.1) is 13.8 Å². The minimum Gasteiger partial charge on any atom is -0.333 e. The lowest BCUT2D eigenvalue weighted by atomic mass is 9.79. The molecular formula is C18H24N4O. The quantitative estimate of drug-likeness (QED) is 0.812. The molecule has 0 radical (unpaired) electrons. The highest BCUT2D eigenvalue weighted by molar-refractivity contribution is 6.00. The van der Waals surface area contributed by atoms with E-state index in [9.17, 15) is 4.79 Å². The molecule has 1 saturated heterocycles. The van der Waals surface area contributed by atoms with Crippen molar-refractivity contribution in [3.8, 4) is 0 Å². The Morgan fingerprint density at radius 2 is 1.87 bits per heavy atom. The van der Waals surface area contributed by atoms with Gasteiger partial charge in [-0.1, -0.05) is 19.3 Å². The van der Waals surface area contributed by atoms with Crippen molar-refractivity contribution in [2.24, 2.45) is 0 Å². The number of aryl methyl sites for hydroxylation is 2. The van der Waals surface area contributed by atoms with Crippen LogP contribution in [0.3, 0.4) is 0 Å². The summed E-state index contributed by atoms with van der Waals surface area (Å²) in [5, 5.41) is 4.39. The van der Waals surface area contributed by atoms with Crippen LogP contribution >= 0.6 is 0 Å². The lowest BCUT2D eigenvalue weighted by Crippen LogP contribution is -2.48. The predicted octanol–water partition coefficient (Wildman–Crippen LogP) is 3.29. The summed E-state index contributed by atoms with van der Waals surface area (Å²) in [6.45, 7) is 4.84. The molecule has 0 N–H and O–H groups in total. The highest BCUT2D eigenvalue weighted by Gasteiger charge is 2.44. The zero-order valence-corrected chi connectivity index (χ0v) is 14.0. The van der Waals surface area contributed by atoms with Crippen LogP contribution in [-0.2, 0) is 0 Å². The smallest absolute Gasteiger partial charge is 0.259 e. The van der Waals surface area contributed by atoms with E-state index in [-0.39, 0.29) is 11.4 Å². The number of fused-ring (bicyclic) bond motifs is 1. The largest absolute Gasteiger partial charge is 0.333 e. The van der Waals surface area contributed by atoms with E-state index < -0.39 is 0 Å². The van der Waals surface area contributed by atoms with Crippen LogP contribution in [0.15, 0.2) is 12.3 Å². The van der Waals surface area contributed by atoms with Gasteiger partial charge in [-0.05, 0) is 45.6 Å². The van der Waals surface area contributed by atoms with Crippen LogP contribution in [0.1, 0.15) is 66.7 Å². The van der Waals surface area contributed by atoms with Crippen molar-refractivity contribution in [3.63, 3.8) is 0 Å². The van der Waals surface area contributed by atoms with Gasteiger partial charge in [-0.15, -0.1) is 0 Å². The maximum Gasteiger partial charge on any atom is 0.259 e. The summed E-state index contributed by atoms with van der Waals surface area (Å²) < 4.78 is 1.78. The molecule has 23 heavy (non-hydrogen) atoms. The van der Waals surface area contributed by atoms with E-state index in [1.54, 1.807) is 10.7 Å². The maximum absolute atomic E-state index is 13.3. The monoisotopic (exact) mass is 312 g/mol. The molecule has 1 aliphatic heterocycles. The lowest BCUT2D eigenvalue weighted by molar-refractivity contribution is 0.0502. The van der Waals surface area contributed by atoms with Crippen LogP contribution in [0.2, 0.25) is 0 Å². The summed E-state index contributed by atoms with van der Waals surface area (Å²) in [6.07, 6.45) is 10.1. The third-order valence-corrected chi connectivity index (χ3v) is 5.63. The van der Waals surface area contributed by atoms with Crippen LogP contribution in [0.25, 0.3) is 5.65 Å². The Bertz CT molecular complexity index is 758. The molecule has 2 aromatic heterocycles. The fourth-order valence-corrected chi connectivity index (χ4v) is 4.55. The first-order chi connectivity index (χ1) is 11.1. The Morgan fingerprint density at radius 3 is 2.65 bits per heavy atom. The van der Waals surface area contributed by atoms with Gasteiger partial charge in [-0.2, -0.15) is 5.10 Å². The summed E-state index contributed by atoms with van der Waals surface area (Å²) in [5.41, 5.74) is 3.40. The minimum atomic E-state index is 0.0997. The molecule has 1 saturated carbocycles. The van der Waals surface area contributed by atoms with Gasteiger partial charge in [-0.3, -0.25) is 4.79 Å². The van der Waals surface area contributed by atoms with E-state index in [0.29, 0.717) is 11.2 Å². The molecule has 2 fully saturated rings. The van der Waals surface area contributed by atoms with Crippen molar-refractivity contribution in [1.82, 2.24) is 19.5 Å². The Balaban J connectivity index is 1.74. The summed E-state index contributed by atoms with van der Waals surface area (Å²) in [4.78, 5) is 20.0. The van der Waals surface area contributed by atoms with Gasteiger partial charge < -0.3 is 4.90 Å². The number of amides is 1. The van der Waals surface area contributed by atoms with Crippen molar-refractivity contribution >= 4 is 11.6 Å². The summed E-state index contributed by atoms with van der Waals surface area (Å²) in [7, 11) is 0. The fraction of sp³-hybridized carbons (Fsp3) is 0.611. The molecule has 0 unspecified atom stereocenters. The third kappa shape index (κ3) is 2.25. The number of nitrogens with zero attached hydrogens (tertiary/aromatic N) is 4. The Morgan fingerprint density at radius 1 is 1.13 bits per heavy atom. The average molecular weight is 312 g/mol. The first kappa shape index (κ1) is 14.7. The second-order valence-corrected chi connectivity index (χ2v) is 7.18. The molecule has 2 aliphatic rings. The molecule has 5 nitrogen and oxygen atoms in total. The van der Waals surface area contributed by atoms with Crippen molar-refractivity contribution in [2.45, 2.75) is 64.3 Å².